The number of aromatic nitrogens is 1. The van der Waals surface area contributed by atoms with Crippen molar-refractivity contribution in [2.24, 2.45) is 0 Å². The van der Waals surface area contributed by atoms with Gasteiger partial charge in [-0.15, -0.1) is 0 Å². The van der Waals surface area contributed by atoms with Gasteiger partial charge in [-0.3, -0.25) is 4.79 Å². The van der Waals surface area contributed by atoms with Gasteiger partial charge < -0.3 is 9.67 Å². The predicted octanol–water partition coefficient (Wildman–Crippen LogP) is 4.39. The molecular weight excluding hydrogens is 342 g/mol. The Morgan fingerprint density at radius 3 is 2.50 bits per heavy atom. The van der Waals surface area contributed by atoms with Crippen molar-refractivity contribution in [2.75, 3.05) is 0 Å². The summed E-state index contributed by atoms with van der Waals surface area (Å²) in [6, 6.07) is 16.2. The van der Waals surface area contributed by atoms with Crippen molar-refractivity contribution in [3.63, 3.8) is 0 Å². The highest BCUT2D eigenvalue weighted by Crippen LogP contribution is 2.27. The highest BCUT2D eigenvalue weighted by molar-refractivity contribution is 9.10. The van der Waals surface area contributed by atoms with E-state index >= 15 is 0 Å². The number of carboxylic acids is 1. The first-order chi connectivity index (χ1) is 10.6. The van der Waals surface area contributed by atoms with E-state index < -0.39 is 5.97 Å². The van der Waals surface area contributed by atoms with Crippen LogP contribution in [0, 0.1) is 6.92 Å². The average molecular weight is 358 g/mol. The molecule has 0 spiro atoms. The number of rotatable bonds is 4. The third-order valence-electron chi connectivity index (χ3n) is 3.94. The first kappa shape index (κ1) is 14.9. The molecule has 0 saturated heterocycles. The van der Waals surface area contributed by atoms with Crippen molar-refractivity contribution in [1.29, 1.82) is 0 Å². The molecule has 0 saturated carbocycles. The van der Waals surface area contributed by atoms with Crippen molar-refractivity contribution in [2.45, 2.75) is 19.9 Å². The van der Waals surface area contributed by atoms with Gasteiger partial charge in [0.25, 0.3) is 0 Å². The van der Waals surface area contributed by atoms with Gasteiger partial charge in [-0.25, -0.2) is 0 Å². The topological polar surface area (TPSA) is 42.2 Å². The van der Waals surface area contributed by atoms with E-state index in [1.54, 1.807) is 0 Å². The second-order valence-corrected chi connectivity index (χ2v) is 6.28. The molecule has 3 rings (SSSR count). The van der Waals surface area contributed by atoms with E-state index in [4.69, 9.17) is 5.11 Å². The minimum absolute atomic E-state index is 0.0552. The molecule has 0 amide bonds. The standard InChI is InChI=1S/C18H16BrNO2/c1-12-16(10-18(21)22)15-4-2-3-5-17(15)20(12)11-13-6-8-14(19)9-7-13/h2-9H,10-11H2,1H3,(H,21,22). The maximum atomic E-state index is 11.2. The molecule has 112 valence electrons. The molecule has 22 heavy (non-hydrogen) atoms. The summed E-state index contributed by atoms with van der Waals surface area (Å²) in [5.41, 5.74) is 4.19. The largest absolute Gasteiger partial charge is 0.481 e. The molecule has 1 N–H and O–H groups in total. The maximum absolute atomic E-state index is 11.2. The van der Waals surface area contributed by atoms with Gasteiger partial charge in [0.2, 0.25) is 0 Å². The number of benzene rings is 2. The van der Waals surface area contributed by atoms with E-state index in [0.717, 1.165) is 33.2 Å². The first-order valence-corrected chi connectivity index (χ1v) is 7.88. The third-order valence-corrected chi connectivity index (χ3v) is 4.47. The normalized spacial score (nSPS) is 11.0. The molecule has 2 aromatic carbocycles. The third kappa shape index (κ3) is 2.79. The fourth-order valence-corrected chi connectivity index (χ4v) is 3.12. The number of para-hydroxylation sites is 1. The molecule has 0 aliphatic carbocycles. The molecule has 0 aliphatic rings. The Balaban J connectivity index is 2.10. The number of aliphatic carboxylic acids is 1. The summed E-state index contributed by atoms with van der Waals surface area (Å²) in [6.45, 7) is 2.73. The molecule has 0 radical (unpaired) electrons. The van der Waals surface area contributed by atoms with Crippen LogP contribution in [-0.2, 0) is 17.8 Å². The fourth-order valence-electron chi connectivity index (χ4n) is 2.85. The SMILES string of the molecule is Cc1c(CC(=O)O)c2ccccc2n1Cc1ccc(Br)cc1. The van der Waals surface area contributed by atoms with Crippen molar-refractivity contribution in [3.8, 4) is 0 Å². The summed E-state index contributed by atoms with van der Waals surface area (Å²) >= 11 is 3.44. The van der Waals surface area contributed by atoms with Crippen molar-refractivity contribution < 1.29 is 9.90 Å². The van der Waals surface area contributed by atoms with E-state index in [0.29, 0.717) is 0 Å². The van der Waals surface area contributed by atoms with Crippen LogP contribution in [0.4, 0.5) is 0 Å². The monoisotopic (exact) mass is 357 g/mol. The summed E-state index contributed by atoms with van der Waals surface area (Å²) in [7, 11) is 0. The van der Waals surface area contributed by atoms with Gasteiger partial charge >= 0.3 is 5.97 Å². The zero-order valence-corrected chi connectivity index (χ0v) is 13.8. The Kier molecular flexibility index (Phi) is 4.03. The molecule has 0 atom stereocenters. The van der Waals surface area contributed by atoms with Gasteiger partial charge in [0.1, 0.15) is 0 Å². The van der Waals surface area contributed by atoms with Crippen LogP contribution in [0.2, 0.25) is 0 Å². The highest BCUT2D eigenvalue weighted by atomic mass is 79.9. The molecule has 0 fully saturated rings. The summed E-state index contributed by atoms with van der Waals surface area (Å²) in [5.74, 6) is -0.797. The van der Waals surface area contributed by atoms with Gasteiger partial charge in [-0.05, 0) is 36.2 Å². The minimum Gasteiger partial charge on any atom is -0.481 e. The number of hydrogen-bond donors (Lipinski definition) is 1. The van der Waals surface area contributed by atoms with Crippen LogP contribution in [-0.4, -0.2) is 15.6 Å². The van der Waals surface area contributed by atoms with Crippen LogP contribution in [0.25, 0.3) is 10.9 Å². The highest BCUT2D eigenvalue weighted by Gasteiger charge is 2.16. The lowest BCUT2D eigenvalue weighted by Gasteiger charge is -2.09. The summed E-state index contributed by atoms with van der Waals surface area (Å²) < 4.78 is 3.24. The van der Waals surface area contributed by atoms with E-state index in [9.17, 15) is 4.79 Å². The molecule has 0 bridgehead atoms. The van der Waals surface area contributed by atoms with E-state index in [-0.39, 0.29) is 6.42 Å². The van der Waals surface area contributed by atoms with Crippen LogP contribution in [0.1, 0.15) is 16.8 Å². The Labute approximate surface area is 137 Å². The average Bonchev–Trinajstić information content (AvgIpc) is 2.75. The summed E-state index contributed by atoms with van der Waals surface area (Å²) in [4.78, 5) is 11.2. The maximum Gasteiger partial charge on any atom is 0.307 e. The Morgan fingerprint density at radius 2 is 1.82 bits per heavy atom. The Bertz CT molecular complexity index is 834. The van der Waals surface area contributed by atoms with Gasteiger partial charge in [0.15, 0.2) is 0 Å². The lowest BCUT2D eigenvalue weighted by molar-refractivity contribution is -0.136. The van der Waals surface area contributed by atoms with Crippen molar-refractivity contribution >= 4 is 32.8 Å². The van der Waals surface area contributed by atoms with Gasteiger partial charge in [-0.2, -0.15) is 0 Å². The number of hydrogen-bond acceptors (Lipinski definition) is 1. The van der Waals surface area contributed by atoms with E-state index in [1.807, 2.05) is 43.3 Å². The summed E-state index contributed by atoms with van der Waals surface area (Å²) in [6.07, 6.45) is 0.0552. The molecule has 0 unspecified atom stereocenters. The zero-order chi connectivity index (χ0) is 15.7. The molecule has 3 nitrogen and oxygen atoms in total. The smallest absolute Gasteiger partial charge is 0.307 e. The molecule has 3 aromatic rings. The molecule has 1 heterocycles. The van der Waals surface area contributed by atoms with Gasteiger partial charge in [0.05, 0.1) is 6.42 Å². The van der Waals surface area contributed by atoms with Crippen LogP contribution in [0.3, 0.4) is 0 Å². The molecular formula is C18H16BrNO2. The predicted molar refractivity (Wildman–Crippen MR) is 91.3 cm³/mol. The van der Waals surface area contributed by atoms with Crippen molar-refractivity contribution in [3.05, 3.63) is 69.8 Å². The van der Waals surface area contributed by atoms with Gasteiger partial charge in [0, 0.05) is 27.6 Å². The second-order valence-electron chi connectivity index (χ2n) is 5.36. The van der Waals surface area contributed by atoms with Crippen LogP contribution in [0.15, 0.2) is 53.0 Å². The van der Waals surface area contributed by atoms with Crippen LogP contribution in [0.5, 0.6) is 0 Å². The number of nitrogens with zero attached hydrogens (tertiary/aromatic N) is 1. The number of carbonyl (C=O) groups is 1. The molecule has 1 aromatic heterocycles. The lowest BCUT2D eigenvalue weighted by Crippen LogP contribution is -2.05. The number of fused-ring (bicyclic) bond motifs is 1. The van der Waals surface area contributed by atoms with Crippen LogP contribution >= 0.6 is 15.9 Å². The lowest BCUT2D eigenvalue weighted by atomic mass is 10.1. The summed E-state index contributed by atoms with van der Waals surface area (Å²) in [5, 5.41) is 10.2. The number of halogens is 1. The zero-order valence-electron chi connectivity index (χ0n) is 12.2. The quantitative estimate of drug-likeness (QED) is 0.752. The Hall–Kier alpha value is -2.07. The Morgan fingerprint density at radius 1 is 1.14 bits per heavy atom. The molecule has 0 aliphatic heterocycles. The van der Waals surface area contributed by atoms with E-state index in [2.05, 4.69) is 32.6 Å². The van der Waals surface area contributed by atoms with Crippen LogP contribution < -0.4 is 0 Å². The van der Waals surface area contributed by atoms with Crippen molar-refractivity contribution in [1.82, 2.24) is 4.57 Å². The number of carboxylic acid groups (broad SMARTS) is 1. The van der Waals surface area contributed by atoms with E-state index in [1.165, 1.54) is 5.56 Å². The minimum atomic E-state index is -0.797. The molecule has 4 heteroatoms. The fraction of sp³-hybridized carbons (Fsp3) is 0.167. The van der Waals surface area contributed by atoms with Gasteiger partial charge in [-0.1, -0.05) is 46.3 Å². The second kappa shape index (κ2) is 5.97. The first-order valence-electron chi connectivity index (χ1n) is 7.09.